The summed E-state index contributed by atoms with van der Waals surface area (Å²) in [5.74, 6) is -3.75. The maximum atomic E-state index is 12.7. The molecule has 0 saturated carbocycles. The van der Waals surface area contributed by atoms with Crippen molar-refractivity contribution in [2.45, 2.75) is 13.3 Å². The number of ketones is 1. The van der Waals surface area contributed by atoms with E-state index in [2.05, 4.69) is 5.10 Å². The fourth-order valence-corrected chi connectivity index (χ4v) is 2.86. The lowest BCUT2D eigenvalue weighted by molar-refractivity contribution is -0.145. The minimum absolute atomic E-state index is 0.242. The van der Waals surface area contributed by atoms with Crippen molar-refractivity contribution in [3.63, 3.8) is 0 Å². The van der Waals surface area contributed by atoms with Gasteiger partial charge in [0.15, 0.2) is 11.7 Å². The lowest BCUT2D eigenvalue weighted by Gasteiger charge is -2.32. The van der Waals surface area contributed by atoms with Crippen LogP contribution in [0.2, 0.25) is 0 Å². The fourth-order valence-electron chi connectivity index (χ4n) is 2.86. The molecule has 8 heteroatoms. The number of hydrogen-bond donors (Lipinski definition) is 0. The predicted molar refractivity (Wildman–Crippen MR) is 90.3 cm³/mol. The molecule has 2 aliphatic heterocycles. The third-order valence-electron chi connectivity index (χ3n) is 4.42. The van der Waals surface area contributed by atoms with E-state index < -0.39 is 29.5 Å². The highest BCUT2D eigenvalue weighted by Gasteiger charge is 2.46. The van der Waals surface area contributed by atoms with Gasteiger partial charge in [0, 0.05) is 38.3 Å². The molecule has 1 fully saturated rings. The molecule has 130 valence electrons. The highest BCUT2D eigenvalue weighted by molar-refractivity contribution is 6.29. The molecule has 2 heterocycles. The number of urea groups is 1. The molecule has 0 unspecified atom stereocenters. The van der Waals surface area contributed by atoms with Crippen molar-refractivity contribution in [2.75, 3.05) is 25.6 Å². The molecule has 0 radical (unpaired) electrons. The number of anilines is 1. The number of rotatable bonds is 3. The summed E-state index contributed by atoms with van der Waals surface area (Å²) in [6.45, 7) is 2.73. The van der Waals surface area contributed by atoms with Crippen LogP contribution in [-0.4, -0.2) is 59.8 Å². The van der Waals surface area contributed by atoms with E-state index in [0.29, 0.717) is 0 Å². The van der Waals surface area contributed by atoms with Gasteiger partial charge in [0.25, 0.3) is 11.8 Å². The largest absolute Gasteiger partial charge is 0.332 e. The number of Topliss-reactive ketones (excluding diaryl/α,β-unsaturated/α-hetero) is 1. The molecule has 1 aromatic rings. The van der Waals surface area contributed by atoms with Crippen LogP contribution in [0.4, 0.5) is 10.5 Å². The van der Waals surface area contributed by atoms with Crippen molar-refractivity contribution in [3.05, 3.63) is 29.8 Å². The predicted octanol–water partition coefficient (Wildman–Crippen LogP) is 1.12. The third kappa shape index (κ3) is 2.79. The summed E-state index contributed by atoms with van der Waals surface area (Å²) in [5, 5.41) is 6.22. The van der Waals surface area contributed by atoms with Crippen molar-refractivity contribution in [2.24, 2.45) is 11.0 Å². The van der Waals surface area contributed by atoms with Crippen molar-refractivity contribution in [1.82, 2.24) is 9.80 Å². The number of amides is 4. The van der Waals surface area contributed by atoms with Gasteiger partial charge in [0.2, 0.25) is 0 Å². The second-order valence-corrected chi connectivity index (χ2v) is 6.13. The maximum Gasteiger partial charge on any atom is 0.332 e. The number of benzene rings is 1. The lowest BCUT2D eigenvalue weighted by atomic mass is 9.93. The SMILES string of the molecule is CC1=NN(c2ccc(C(=O)C3C(=O)N(C)C(=O)N(C)C3=O)cc2)CC1. The van der Waals surface area contributed by atoms with Gasteiger partial charge in [-0.05, 0) is 31.2 Å². The zero-order valence-electron chi connectivity index (χ0n) is 14.2. The number of carbonyl (C=O) groups is 4. The summed E-state index contributed by atoms with van der Waals surface area (Å²) in [7, 11) is 2.51. The van der Waals surface area contributed by atoms with Gasteiger partial charge in [-0.1, -0.05) is 0 Å². The first-order valence-electron chi connectivity index (χ1n) is 7.86. The van der Waals surface area contributed by atoms with Gasteiger partial charge in [0.1, 0.15) is 0 Å². The van der Waals surface area contributed by atoms with Crippen molar-refractivity contribution in [1.29, 1.82) is 0 Å². The second kappa shape index (κ2) is 6.12. The highest BCUT2D eigenvalue weighted by atomic mass is 16.2. The van der Waals surface area contributed by atoms with Crippen molar-refractivity contribution < 1.29 is 19.2 Å². The van der Waals surface area contributed by atoms with Crippen molar-refractivity contribution in [3.8, 4) is 0 Å². The Balaban J connectivity index is 1.84. The van der Waals surface area contributed by atoms with Gasteiger partial charge in [-0.15, -0.1) is 0 Å². The number of carbonyl (C=O) groups excluding carboxylic acids is 4. The molecule has 0 atom stereocenters. The van der Waals surface area contributed by atoms with E-state index in [-0.39, 0.29) is 5.56 Å². The zero-order valence-corrected chi connectivity index (χ0v) is 14.2. The van der Waals surface area contributed by atoms with Crippen molar-refractivity contribution >= 4 is 35.0 Å². The molecule has 2 aliphatic rings. The summed E-state index contributed by atoms with van der Waals surface area (Å²) in [5.41, 5.74) is 2.11. The summed E-state index contributed by atoms with van der Waals surface area (Å²) in [6, 6.07) is 5.85. The number of barbiturate groups is 1. The summed E-state index contributed by atoms with van der Waals surface area (Å²) < 4.78 is 0. The van der Waals surface area contributed by atoms with Gasteiger partial charge in [-0.25, -0.2) is 4.79 Å². The van der Waals surface area contributed by atoms with Crippen LogP contribution in [0, 0.1) is 5.92 Å². The first-order valence-corrected chi connectivity index (χ1v) is 7.86. The molecule has 0 aromatic heterocycles. The van der Waals surface area contributed by atoms with Gasteiger partial charge < -0.3 is 0 Å². The van der Waals surface area contributed by atoms with Crippen LogP contribution >= 0.6 is 0 Å². The highest BCUT2D eigenvalue weighted by Crippen LogP contribution is 2.23. The monoisotopic (exact) mass is 342 g/mol. The summed E-state index contributed by atoms with van der Waals surface area (Å²) >= 11 is 0. The van der Waals surface area contributed by atoms with E-state index in [1.165, 1.54) is 14.1 Å². The van der Waals surface area contributed by atoms with Crippen LogP contribution in [0.5, 0.6) is 0 Å². The number of nitrogens with zero attached hydrogens (tertiary/aromatic N) is 4. The molecule has 1 aromatic carbocycles. The van der Waals surface area contributed by atoms with E-state index in [4.69, 9.17) is 0 Å². The normalized spacial score (nSPS) is 18.9. The quantitative estimate of drug-likeness (QED) is 0.606. The van der Waals surface area contributed by atoms with Gasteiger partial charge >= 0.3 is 6.03 Å². The van der Waals surface area contributed by atoms with E-state index in [9.17, 15) is 19.2 Å². The molecule has 0 N–H and O–H groups in total. The Bertz CT molecular complexity index is 775. The number of hydrogen-bond acceptors (Lipinski definition) is 6. The van der Waals surface area contributed by atoms with E-state index in [0.717, 1.165) is 34.2 Å². The molecule has 0 spiro atoms. The minimum atomic E-state index is -1.52. The zero-order chi connectivity index (χ0) is 18.3. The first-order chi connectivity index (χ1) is 11.8. The van der Waals surface area contributed by atoms with Crippen LogP contribution in [0.15, 0.2) is 29.4 Å². The molecule has 3 rings (SSSR count). The van der Waals surface area contributed by atoms with E-state index in [1.54, 1.807) is 24.3 Å². The average molecular weight is 342 g/mol. The van der Waals surface area contributed by atoms with Gasteiger partial charge in [0.05, 0.1) is 5.69 Å². The first kappa shape index (κ1) is 16.8. The van der Waals surface area contributed by atoms with Crippen LogP contribution in [-0.2, 0) is 9.59 Å². The Kier molecular flexibility index (Phi) is 4.12. The Morgan fingerprint density at radius 1 is 1.04 bits per heavy atom. The molecule has 8 nitrogen and oxygen atoms in total. The summed E-state index contributed by atoms with van der Waals surface area (Å²) in [4.78, 5) is 50.4. The fraction of sp³-hybridized carbons (Fsp3) is 0.353. The topological polar surface area (TPSA) is 90.4 Å². The number of imide groups is 2. The van der Waals surface area contributed by atoms with Crippen LogP contribution in [0.3, 0.4) is 0 Å². The Labute approximate surface area is 144 Å². The molecule has 4 amide bonds. The smallest absolute Gasteiger partial charge is 0.293 e. The standard InChI is InChI=1S/C17H18N4O4/c1-10-8-9-21(18-10)12-6-4-11(5-7-12)14(22)13-15(23)19(2)17(25)20(3)16(13)24/h4-7,13H,8-9H2,1-3H3. The van der Waals surface area contributed by atoms with Gasteiger partial charge in [-0.3, -0.25) is 29.2 Å². The van der Waals surface area contributed by atoms with Crippen LogP contribution in [0.25, 0.3) is 0 Å². The maximum absolute atomic E-state index is 12.7. The van der Waals surface area contributed by atoms with Crippen LogP contribution in [0.1, 0.15) is 23.7 Å². The summed E-state index contributed by atoms with van der Waals surface area (Å²) in [6.07, 6.45) is 0.887. The Morgan fingerprint density at radius 2 is 1.60 bits per heavy atom. The third-order valence-corrected chi connectivity index (χ3v) is 4.42. The van der Waals surface area contributed by atoms with Crippen LogP contribution < -0.4 is 5.01 Å². The molecule has 0 aliphatic carbocycles. The molecular formula is C17H18N4O4. The van der Waals surface area contributed by atoms with E-state index in [1.807, 2.05) is 11.9 Å². The lowest BCUT2D eigenvalue weighted by Crippen LogP contribution is -2.58. The second-order valence-electron chi connectivity index (χ2n) is 6.13. The Morgan fingerprint density at radius 3 is 2.08 bits per heavy atom. The average Bonchev–Trinajstić information content (AvgIpc) is 3.05. The molecule has 1 saturated heterocycles. The molecule has 0 bridgehead atoms. The van der Waals surface area contributed by atoms with E-state index >= 15 is 0 Å². The molecule has 25 heavy (non-hydrogen) atoms. The minimum Gasteiger partial charge on any atom is -0.293 e. The number of hydrazone groups is 1. The van der Waals surface area contributed by atoms with Gasteiger partial charge in [-0.2, -0.15) is 5.10 Å². The Hall–Kier alpha value is -3.03. The molecular weight excluding hydrogens is 324 g/mol.